The van der Waals surface area contributed by atoms with Gasteiger partial charge in [-0.15, -0.1) is 0 Å². The number of aromatic nitrogens is 2. The highest BCUT2D eigenvalue weighted by atomic mass is 16.5. The molecule has 0 aliphatic rings. The average molecular weight is 423 g/mol. The molecule has 0 atom stereocenters. The number of rotatable bonds is 9. The highest BCUT2D eigenvalue weighted by Gasteiger charge is 2.11. The molecule has 0 fully saturated rings. The van der Waals surface area contributed by atoms with E-state index >= 15 is 0 Å². The van der Waals surface area contributed by atoms with Gasteiger partial charge in [0.05, 0.1) is 12.3 Å². The molecule has 0 aliphatic carbocycles. The van der Waals surface area contributed by atoms with Gasteiger partial charge in [-0.05, 0) is 49.7 Å². The number of unbranched alkanes of at least 4 members (excludes halogenated alkanes) is 1. The molecule has 0 saturated heterocycles. The summed E-state index contributed by atoms with van der Waals surface area (Å²) in [5.74, 6) is -0.327. The van der Waals surface area contributed by atoms with Gasteiger partial charge >= 0.3 is 5.97 Å². The van der Waals surface area contributed by atoms with Crippen molar-refractivity contribution >= 4 is 17.5 Å². The minimum absolute atomic E-state index is 0.155. The molecule has 162 valence electrons. The number of hydrogen-bond donors (Lipinski definition) is 1. The molecule has 2 heterocycles. The summed E-state index contributed by atoms with van der Waals surface area (Å²) in [6.07, 6.45) is 2.01. The summed E-state index contributed by atoms with van der Waals surface area (Å²) in [5.41, 5.74) is 1.75. The van der Waals surface area contributed by atoms with E-state index in [0.717, 1.165) is 18.5 Å². The Morgan fingerprint density at radius 2 is 1.90 bits per heavy atom. The van der Waals surface area contributed by atoms with Crippen molar-refractivity contribution in [2.24, 2.45) is 0 Å². The minimum atomic E-state index is -0.626. The number of nitrogens with zero attached hydrogens (tertiary/aromatic N) is 2. The standard InChI is InChI=1S/C23H25N3O5/c1-3-4-12-30-19-10-8-17(9-11-19)23(29)24-14-22(28)31-15-18-13-21(27)26-16(2)6-5-7-20(26)25-18/h5-11,13H,3-4,12,14-15H2,1-2H3,(H,24,29). The second-order valence-corrected chi connectivity index (χ2v) is 7.02. The molecular weight excluding hydrogens is 398 g/mol. The van der Waals surface area contributed by atoms with Gasteiger partial charge in [-0.2, -0.15) is 0 Å². The Kier molecular flexibility index (Phi) is 7.37. The van der Waals surface area contributed by atoms with Gasteiger partial charge < -0.3 is 14.8 Å². The van der Waals surface area contributed by atoms with Crippen LogP contribution in [0.25, 0.3) is 5.65 Å². The fourth-order valence-corrected chi connectivity index (χ4v) is 2.93. The number of amides is 1. The molecule has 0 radical (unpaired) electrons. The maximum absolute atomic E-state index is 12.3. The molecule has 0 saturated carbocycles. The van der Waals surface area contributed by atoms with Gasteiger partial charge in [-0.25, -0.2) is 4.98 Å². The van der Waals surface area contributed by atoms with E-state index in [4.69, 9.17) is 9.47 Å². The first kappa shape index (κ1) is 22.0. The van der Waals surface area contributed by atoms with Gasteiger partial charge in [0, 0.05) is 17.3 Å². The number of ether oxygens (including phenoxy) is 2. The minimum Gasteiger partial charge on any atom is -0.494 e. The quantitative estimate of drug-likeness (QED) is 0.420. The lowest BCUT2D eigenvalue weighted by Crippen LogP contribution is -2.30. The smallest absolute Gasteiger partial charge is 0.325 e. The number of fused-ring (bicyclic) bond motifs is 1. The van der Waals surface area contributed by atoms with Crippen LogP contribution in [-0.2, 0) is 16.1 Å². The Hall–Kier alpha value is -3.68. The average Bonchev–Trinajstić information content (AvgIpc) is 2.76. The number of aryl methyl sites for hydroxylation is 1. The zero-order valence-electron chi connectivity index (χ0n) is 17.6. The summed E-state index contributed by atoms with van der Waals surface area (Å²) in [5, 5.41) is 2.51. The molecular formula is C23H25N3O5. The van der Waals surface area contributed by atoms with E-state index in [0.29, 0.717) is 29.3 Å². The zero-order chi connectivity index (χ0) is 22.2. The van der Waals surface area contributed by atoms with E-state index in [9.17, 15) is 14.4 Å². The summed E-state index contributed by atoms with van der Waals surface area (Å²) >= 11 is 0. The van der Waals surface area contributed by atoms with Crippen molar-refractivity contribution in [3.8, 4) is 5.75 Å². The van der Waals surface area contributed by atoms with Gasteiger partial charge in [0.1, 0.15) is 24.5 Å². The predicted octanol–water partition coefficient (Wildman–Crippen LogP) is 2.66. The second-order valence-electron chi connectivity index (χ2n) is 7.02. The molecule has 0 bridgehead atoms. The van der Waals surface area contributed by atoms with Crippen molar-refractivity contribution in [2.45, 2.75) is 33.3 Å². The molecule has 1 N–H and O–H groups in total. The normalized spacial score (nSPS) is 10.6. The van der Waals surface area contributed by atoms with E-state index in [-0.39, 0.29) is 18.7 Å². The largest absolute Gasteiger partial charge is 0.494 e. The second kappa shape index (κ2) is 10.4. The van der Waals surface area contributed by atoms with Gasteiger partial charge in [0.25, 0.3) is 11.5 Å². The first-order chi connectivity index (χ1) is 15.0. The number of hydrogen-bond acceptors (Lipinski definition) is 6. The Balaban J connectivity index is 1.49. The van der Waals surface area contributed by atoms with Crippen molar-refractivity contribution in [1.29, 1.82) is 0 Å². The molecule has 3 rings (SSSR count). The molecule has 3 aromatic rings. The fraction of sp³-hybridized carbons (Fsp3) is 0.304. The Bertz CT molecular complexity index is 1120. The number of esters is 1. The lowest BCUT2D eigenvalue weighted by atomic mass is 10.2. The highest BCUT2D eigenvalue weighted by Crippen LogP contribution is 2.12. The first-order valence-corrected chi connectivity index (χ1v) is 10.1. The third kappa shape index (κ3) is 5.91. The summed E-state index contributed by atoms with van der Waals surface area (Å²) < 4.78 is 12.2. The van der Waals surface area contributed by atoms with Gasteiger partial charge in [-0.3, -0.25) is 18.8 Å². The Labute approximate surface area is 179 Å². The molecule has 1 aromatic carbocycles. The molecule has 0 spiro atoms. The van der Waals surface area contributed by atoms with Crippen molar-refractivity contribution < 1.29 is 19.1 Å². The molecule has 8 nitrogen and oxygen atoms in total. The summed E-state index contributed by atoms with van der Waals surface area (Å²) in [7, 11) is 0. The van der Waals surface area contributed by atoms with E-state index < -0.39 is 11.9 Å². The topological polar surface area (TPSA) is 99.0 Å². The number of pyridine rings is 1. The molecule has 0 aliphatic heterocycles. The van der Waals surface area contributed by atoms with Crippen LogP contribution in [0.5, 0.6) is 5.75 Å². The van der Waals surface area contributed by atoms with Gasteiger partial charge in [0.2, 0.25) is 0 Å². The van der Waals surface area contributed by atoms with E-state index in [2.05, 4.69) is 17.2 Å². The van der Waals surface area contributed by atoms with Crippen LogP contribution in [0.2, 0.25) is 0 Å². The SMILES string of the molecule is CCCCOc1ccc(C(=O)NCC(=O)OCc2cc(=O)n3c(C)cccc3n2)cc1. The molecule has 1 amide bonds. The van der Waals surface area contributed by atoms with Crippen LogP contribution in [0, 0.1) is 6.92 Å². The third-order valence-electron chi connectivity index (χ3n) is 4.59. The highest BCUT2D eigenvalue weighted by molar-refractivity contribution is 5.96. The van der Waals surface area contributed by atoms with E-state index in [1.54, 1.807) is 36.4 Å². The van der Waals surface area contributed by atoms with Crippen LogP contribution >= 0.6 is 0 Å². The number of carbonyl (C=O) groups excluding carboxylic acids is 2. The fourth-order valence-electron chi connectivity index (χ4n) is 2.93. The maximum atomic E-state index is 12.3. The Morgan fingerprint density at radius 3 is 2.65 bits per heavy atom. The maximum Gasteiger partial charge on any atom is 0.325 e. The Morgan fingerprint density at radius 1 is 1.13 bits per heavy atom. The summed E-state index contributed by atoms with van der Waals surface area (Å²) in [4.78, 5) is 40.8. The van der Waals surface area contributed by atoms with Crippen LogP contribution in [0.4, 0.5) is 0 Å². The van der Waals surface area contributed by atoms with Crippen molar-refractivity contribution in [1.82, 2.24) is 14.7 Å². The third-order valence-corrected chi connectivity index (χ3v) is 4.59. The van der Waals surface area contributed by atoms with Gasteiger partial charge in [-0.1, -0.05) is 19.4 Å². The van der Waals surface area contributed by atoms with Crippen LogP contribution in [0.3, 0.4) is 0 Å². The lowest BCUT2D eigenvalue weighted by molar-refractivity contribution is -0.143. The van der Waals surface area contributed by atoms with Crippen LogP contribution < -0.4 is 15.6 Å². The number of nitrogens with one attached hydrogen (secondary N) is 1. The molecule has 0 unspecified atom stereocenters. The van der Waals surface area contributed by atoms with E-state index in [1.807, 2.05) is 13.0 Å². The van der Waals surface area contributed by atoms with Crippen LogP contribution in [0.1, 0.15) is 41.5 Å². The molecule has 31 heavy (non-hydrogen) atoms. The number of benzene rings is 1. The van der Waals surface area contributed by atoms with Crippen LogP contribution in [-0.4, -0.2) is 34.4 Å². The summed E-state index contributed by atoms with van der Waals surface area (Å²) in [6.45, 7) is 4.08. The zero-order valence-corrected chi connectivity index (χ0v) is 17.6. The monoisotopic (exact) mass is 423 g/mol. The van der Waals surface area contributed by atoms with Crippen molar-refractivity contribution in [3.05, 3.63) is 75.8 Å². The number of carbonyl (C=O) groups is 2. The first-order valence-electron chi connectivity index (χ1n) is 10.1. The van der Waals surface area contributed by atoms with E-state index in [1.165, 1.54) is 10.5 Å². The lowest BCUT2D eigenvalue weighted by Gasteiger charge is -2.09. The van der Waals surface area contributed by atoms with Crippen molar-refractivity contribution in [3.63, 3.8) is 0 Å². The molecule has 8 heteroatoms. The summed E-state index contributed by atoms with van der Waals surface area (Å²) in [6, 6.07) is 13.4. The predicted molar refractivity (Wildman–Crippen MR) is 115 cm³/mol. The van der Waals surface area contributed by atoms with Crippen LogP contribution in [0.15, 0.2) is 53.3 Å². The van der Waals surface area contributed by atoms with Crippen molar-refractivity contribution in [2.75, 3.05) is 13.2 Å². The molecule has 2 aromatic heterocycles. The van der Waals surface area contributed by atoms with Gasteiger partial charge in [0.15, 0.2) is 0 Å².